The summed E-state index contributed by atoms with van der Waals surface area (Å²) in [6.45, 7) is 8.02. The molecule has 1 N–H and O–H groups in total. The summed E-state index contributed by atoms with van der Waals surface area (Å²) in [5.74, 6) is -0.259. The van der Waals surface area contributed by atoms with Gasteiger partial charge in [0.2, 0.25) is 17.7 Å². The molecule has 0 fully saturated rings. The lowest BCUT2D eigenvalue weighted by molar-refractivity contribution is -0.122. The van der Waals surface area contributed by atoms with Gasteiger partial charge in [-0.15, -0.1) is 0 Å². The van der Waals surface area contributed by atoms with E-state index in [1.165, 1.54) is 4.90 Å². The quantitative estimate of drug-likeness (QED) is 0.0424. The van der Waals surface area contributed by atoms with Crippen LogP contribution in [0.4, 0.5) is 17.1 Å². The Hall–Kier alpha value is -7.00. The number of amides is 3. The minimum Gasteiger partial charge on any atom is -0.382 e. The third-order valence-corrected chi connectivity index (χ3v) is 14.9. The van der Waals surface area contributed by atoms with Crippen LogP contribution in [0.1, 0.15) is 65.5 Å². The number of aliphatic imine (C=N–C) groups is 3. The molecule has 20 heteroatoms. The molecule has 17 nitrogen and oxygen atoms in total. The molecule has 3 heterocycles. The molecule has 6 aromatic rings. The van der Waals surface area contributed by atoms with Gasteiger partial charge in [0.15, 0.2) is 5.78 Å². The minimum absolute atomic E-state index is 0.00310. The van der Waals surface area contributed by atoms with Crippen molar-refractivity contribution >= 4 is 92.5 Å². The van der Waals surface area contributed by atoms with Gasteiger partial charge in [0.25, 0.3) is 0 Å². The number of halogens is 3. The van der Waals surface area contributed by atoms with Crippen molar-refractivity contribution < 1.29 is 47.6 Å². The number of carbonyl (C=O) groups excluding carboxylic acids is 4. The fourth-order valence-corrected chi connectivity index (χ4v) is 10.3. The summed E-state index contributed by atoms with van der Waals surface area (Å²) in [7, 11) is 4.93. The number of ether oxygens (including phenoxy) is 6. The number of carbonyl (C=O) groups is 4. The number of hydrogen-bond acceptors (Lipinski definition) is 14. The summed E-state index contributed by atoms with van der Waals surface area (Å²) >= 11 is 18.8. The first-order valence-corrected chi connectivity index (χ1v) is 30.7. The van der Waals surface area contributed by atoms with E-state index >= 15 is 0 Å². The zero-order chi connectivity index (χ0) is 62.3. The number of ketones is 1. The lowest BCUT2D eigenvalue weighted by Gasteiger charge is -2.23. The SMILES string of the molecule is COCCOCCCC(=O)CN1C(=O)CN=C(c2ccccc2)c2cc(Cl)ccc21.COCCOCCCCCN1C(=O)CN=C(c2ccccc2)c2cc(Cl)ccc21.COCCOCCNCCN1C(=O)CN=C(c2ccccc2)c2cc(Cl)ccc21. The average Bonchev–Trinajstić information content (AvgIpc) is 1.92. The van der Waals surface area contributed by atoms with Gasteiger partial charge in [-0.3, -0.25) is 34.2 Å². The second kappa shape index (κ2) is 37.8. The van der Waals surface area contributed by atoms with Gasteiger partial charge in [-0.25, -0.2) is 0 Å². The molecular formula is C68H78Cl3N7O10. The first-order chi connectivity index (χ1) is 43.0. The van der Waals surface area contributed by atoms with E-state index in [0.29, 0.717) is 125 Å². The molecule has 9 rings (SSSR count). The van der Waals surface area contributed by atoms with Crippen LogP contribution >= 0.6 is 34.8 Å². The van der Waals surface area contributed by atoms with Gasteiger partial charge >= 0.3 is 0 Å². The lowest BCUT2D eigenvalue weighted by Crippen LogP contribution is -2.38. The van der Waals surface area contributed by atoms with Gasteiger partial charge < -0.3 is 48.4 Å². The second-order valence-electron chi connectivity index (χ2n) is 20.4. The fourth-order valence-electron chi connectivity index (χ4n) is 9.82. The largest absolute Gasteiger partial charge is 0.382 e. The molecular weight excluding hydrogens is 1180 g/mol. The van der Waals surface area contributed by atoms with Gasteiger partial charge in [-0.05, 0) is 80.3 Å². The number of methoxy groups -OCH3 is 3. The highest BCUT2D eigenvalue weighted by molar-refractivity contribution is 6.33. The van der Waals surface area contributed by atoms with Crippen LogP contribution in [-0.2, 0) is 47.6 Å². The van der Waals surface area contributed by atoms with E-state index in [0.717, 1.165) is 75.4 Å². The van der Waals surface area contributed by atoms with Crippen LogP contribution < -0.4 is 20.0 Å². The Labute approximate surface area is 531 Å². The van der Waals surface area contributed by atoms with Crippen LogP contribution in [0, 0.1) is 0 Å². The highest BCUT2D eigenvalue weighted by Gasteiger charge is 2.29. The number of unbranched alkanes of at least 4 members (excludes halogenated alkanes) is 2. The Kier molecular flexibility index (Phi) is 29.4. The summed E-state index contributed by atoms with van der Waals surface area (Å²) in [5, 5.41) is 5.11. The Balaban J connectivity index is 0.000000188. The smallest absolute Gasteiger partial charge is 0.249 e. The molecule has 0 bridgehead atoms. The standard InChI is InChI=1S/C23H25ClN2O4.C23H27ClN2O3.C22H26ClN3O3/c1-29-12-13-30-11-5-8-19(27)16-26-21-10-9-18(24)14-20(21)23(25-15-22(26)28)17-6-3-2-4-7-17;1-28-14-15-29-13-7-3-6-12-26-21-11-10-19(24)16-20(21)23(25-17-22(26)27)18-8-4-2-5-9-18;1-28-13-14-29-12-10-24-9-11-26-20-8-7-18(23)15-19(20)22(25-16-21(26)27)17-5-3-2-4-6-17/h2-4,6-7,9-10,14H,5,8,11-13,15-16H2,1H3;2,4-5,8-11,16H,3,6-7,12-15,17H2,1H3;2-8,15,24H,9-14,16H2,1H3. The highest BCUT2D eigenvalue weighted by atomic mass is 35.5. The zero-order valence-corrected chi connectivity index (χ0v) is 52.6. The van der Waals surface area contributed by atoms with Crippen LogP contribution in [0.2, 0.25) is 15.1 Å². The Morgan fingerprint density at radius 2 is 0.818 bits per heavy atom. The topological polar surface area (TPSA) is 182 Å². The fraction of sp³-hybridized carbons (Fsp3) is 0.368. The molecule has 3 amide bonds. The maximum atomic E-state index is 12.8. The predicted octanol–water partition coefficient (Wildman–Crippen LogP) is 10.7. The number of nitrogens with zero attached hydrogens (tertiary/aromatic N) is 6. The Morgan fingerprint density at radius 3 is 1.25 bits per heavy atom. The predicted molar refractivity (Wildman–Crippen MR) is 351 cm³/mol. The van der Waals surface area contributed by atoms with E-state index in [1.807, 2.05) is 132 Å². The van der Waals surface area contributed by atoms with Crippen LogP contribution in [0.15, 0.2) is 161 Å². The molecule has 0 unspecified atom stereocenters. The molecule has 6 aromatic carbocycles. The Morgan fingerprint density at radius 1 is 0.432 bits per heavy atom. The summed E-state index contributed by atoms with van der Waals surface area (Å²) in [6.07, 6.45) is 3.80. The number of anilines is 3. The van der Waals surface area contributed by atoms with E-state index in [9.17, 15) is 19.2 Å². The van der Waals surface area contributed by atoms with Crippen molar-refractivity contribution in [2.45, 2.75) is 32.1 Å². The van der Waals surface area contributed by atoms with E-state index < -0.39 is 0 Å². The first-order valence-electron chi connectivity index (χ1n) is 29.5. The van der Waals surface area contributed by atoms with Gasteiger partial charge in [0, 0.05) is 116 Å². The van der Waals surface area contributed by atoms with Crippen LogP contribution in [0.5, 0.6) is 0 Å². The summed E-state index contributed by atoms with van der Waals surface area (Å²) in [4.78, 5) is 69.9. The van der Waals surface area contributed by atoms with E-state index in [-0.39, 0.29) is 49.7 Å². The van der Waals surface area contributed by atoms with Crippen molar-refractivity contribution in [1.82, 2.24) is 5.32 Å². The molecule has 0 aliphatic carbocycles. The number of hydrogen-bond donors (Lipinski definition) is 1. The number of benzene rings is 6. The molecule has 466 valence electrons. The molecule has 0 saturated heterocycles. The van der Waals surface area contributed by atoms with E-state index in [2.05, 4.69) is 20.3 Å². The number of fused-ring (bicyclic) bond motifs is 3. The maximum Gasteiger partial charge on any atom is 0.249 e. The average molecular weight is 1260 g/mol. The molecule has 3 aliphatic rings. The van der Waals surface area contributed by atoms with Crippen molar-refractivity contribution in [3.8, 4) is 0 Å². The molecule has 0 spiro atoms. The first kappa shape index (κ1) is 68.5. The zero-order valence-electron chi connectivity index (χ0n) is 50.3. The molecule has 0 atom stereocenters. The molecule has 3 aliphatic heterocycles. The van der Waals surface area contributed by atoms with Gasteiger partial charge in [0.1, 0.15) is 19.6 Å². The third kappa shape index (κ3) is 21.1. The van der Waals surface area contributed by atoms with Crippen LogP contribution in [0.25, 0.3) is 0 Å². The van der Waals surface area contributed by atoms with Crippen molar-refractivity contribution in [3.05, 3.63) is 194 Å². The van der Waals surface area contributed by atoms with Crippen molar-refractivity contribution in [2.24, 2.45) is 15.0 Å². The van der Waals surface area contributed by atoms with Crippen LogP contribution in [-0.4, -0.2) is 174 Å². The normalized spacial score (nSPS) is 13.7. The summed E-state index contributed by atoms with van der Waals surface area (Å²) in [6, 6.07) is 46.0. The monoisotopic (exact) mass is 1260 g/mol. The van der Waals surface area contributed by atoms with Crippen molar-refractivity contribution in [1.29, 1.82) is 0 Å². The number of rotatable bonds is 30. The van der Waals surface area contributed by atoms with E-state index in [1.54, 1.807) is 44.4 Å². The lowest BCUT2D eigenvalue weighted by atomic mass is 10.00. The highest BCUT2D eigenvalue weighted by Crippen LogP contribution is 2.33. The van der Waals surface area contributed by atoms with Gasteiger partial charge in [-0.2, -0.15) is 0 Å². The van der Waals surface area contributed by atoms with E-state index in [4.69, 9.17) is 63.2 Å². The second-order valence-corrected chi connectivity index (χ2v) is 21.7. The number of Topliss-reactive ketones (excluding diaryl/α,β-unsaturated/α-hetero) is 1. The van der Waals surface area contributed by atoms with Gasteiger partial charge in [0.05, 0.1) is 87.0 Å². The maximum absolute atomic E-state index is 12.8. The molecule has 88 heavy (non-hydrogen) atoms. The molecule has 0 radical (unpaired) electrons. The van der Waals surface area contributed by atoms with Gasteiger partial charge in [-0.1, -0.05) is 126 Å². The number of nitrogens with one attached hydrogen (secondary N) is 1. The molecule has 0 saturated carbocycles. The number of benzodiazepines with no additional fused rings is 3. The van der Waals surface area contributed by atoms with Crippen LogP contribution in [0.3, 0.4) is 0 Å². The Bertz CT molecular complexity index is 3140. The summed E-state index contributed by atoms with van der Waals surface area (Å²) in [5.41, 5.74) is 10.0. The summed E-state index contributed by atoms with van der Waals surface area (Å²) < 4.78 is 31.2. The van der Waals surface area contributed by atoms with Crippen molar-refractivity contribution in [3.63, 3.8) is 0 Å². The third-order valence-electron chi connectivity index (χ3n) is 14.2. The molecule has 0 aromatic heterocycles. The minimum atomic E-state index is -0.214. The van der Waals surface area contributed by atoms with Crippen molar-refractivity contribution in [2.75, 3.05) is 148 Å².